The second kappa shape index (κ2) is 14.8. The molecule has 0 unspecified atom stereocenters. The van der Waals surface area contributed by atoms with Crippen molar-refractivity contribution in [3.05, 3.63) is 100.0 Å². The fraction of sp³-hybridized carbons (Fsp3) is 0.475. The van der Waals surface area contributed by atoms with Crippen molar-refractivity contribution < 1.29 is 31.8 Å². The second-order valence-electron chi connectivity index (χ2n) is 14.2. The van der Waals surface area contributed by atoms with Crippen LogP contribution in [0.1, 0.15) is 77.0 Å². The summed E-state index contributed by atoms with van der Waals surface area (Å²) in [5, 5.41) is 0. The second-order valence-corrected chi connectivity index (χ2v) is 15.6. The molecule has 0 spiro atoms. The van der Waals surface area contributed by atoms with Crippen molar-refractivity contribution in [3.63, 3.8) is 0 Å². The van der Waals surface area contributed by atoms with Gasteiger partial charge in [0.1, 0.15) is 22.5 Å². The highest BCUT2D eigenvalue weighted by atomic mass is 32.2. The number of fused-ring (bicyclic) bond motifs is 2. The van der Waals surface area contributed by atoms with E-state index < -0.39 is 15.5 Å². The highest BCUT2D eigenvalue weighted by molar-refractivity contribution is 7.85. The molecule has 0 N–H and O–H groups in total. The average molecular weight is 689 g/mol. The topological polar surface area (TPSA) is 91.1 Å². The monoisotopic (exact) mass is 688 g/mol. The van der Waals surface area contributed by atoms with Gasteiger partial charge in [-0.05, 0) is 99.6 Å². The van der Waals surface area contributed by atoms with Gasteiger partial charge in [0.05, 0.1) is 23.5 Å². The van der Waals surface area contributed by atoms with Gasteiger partial charge in [0.15, 0.2) is 12.3 Å². The van der Waals surface area contributed by atoms with Gasteiger partial charge >= 0.3 is 0 Å². The summed E-state index contributed by atoms with van der Waals surface area (Å²) in [4.78, 5) is 1.96. The predicted molar refractivity (Wildman–Crippen MR) is 195 cm³/mol. The Bertz CT molecular complexity index is 1850. The van der Waals surface area contributed by atoms with E-state index in [2.05, 4.69) is 93.5 Å². The van der Waals surface area contributed by atoms with E-state index in [0.717, 1.165) is 60.5 Å². The number of benzene rings is 2. The lowest BCUT2D eigenvalue weighted by atomic mass is 9.80. The van der Waals surface area contributed by atoms with E-state index in [1.54, 1.807) is 20.3 Å². The molecule has 9 heteroatoms. The fourth-order valence-electron chi connectivity index (χ4n) is 7.42. The van der Waals surface area contributed by atoms with Crippen molar-refractivity contribution >= 4 is 27.2 Å². The lowest BCUT2D eigenvalue weighted by Crippen LogP contribution is -2.29. The van der Waals surface area contributed by atoms with Gasteiger partial charge in [0, 0.05) is 55.3 Å². The molecule has 0 aromatic heterocycles. The molecule has 0 bridgehead atoms. The molecule has 2 aromatic carbocycles. The minimum atomic E-state index is -4.59. The van der Waals surface area contributed by atoms with Crippen LogP contribution in [0.2, 0.25) is 0 Å². The molecule has 0 fully saturated rings. The van der Waals surface area contributed by atoms with Crippen LogP contribution in [0.4, 0.5) is 11.4 Å². The summed E-state index contributed by atoms with van der Waals surface area (Å²) in [5.74, 6) is 0.936. The summed E-state index contributed by atoms with van der Waals surface area (Å²) >= 11 is 0. The van der Waals surface area contributed by atoms with Crippen LogP contribution in [-0.4, -0.2) is 70.4 Å². The number of ether oxygens (including phenoxy) is 3. The molecular formula is C40H52N2O6S. The number of aryl methyl sites for hydroxylation is 1. The molecule has 2 aromatic rings. The van der Waals surface area contributed by atoms with Crippen LogP contribution >= 0.6 is 0 Å². The molecule has 0 radical (unpaired) electrons. The molecule has 0 saturated carbocycles. The van der Waals surface area contributed by atoms with Crippen LogP contribution in [0, 0.1) is 6.92 Å². The molecule has 2 aliphatic heterocycles. The van der Waals surface area contributed by atoms with Crippen LogP contribution in [0.3, 0.4) is 0 Å². The first-order valence-corrected chi connectivity index (χ1v) is 18.7. The largest absolute Gasteiger partial charge is 0.744 e. The summed E-state index contributed by atoms with van der Waals surface area (Å²) in [6.07, 6.45) is 12.5. The zero-order chi connectivity index (χ0) is 35.6. The van der Waals surface area contributed by atoms with Crippen LogP contribution in [0.25, 0.3) is 0 Å². The van der Waals surface area contributed by atoms with Crippen molar-refractivity contribution in [3.8, 4) is 0 Å². The van der Waals surface area contributed by atoms with E-state index in [1.165, 1.54) is 40.2 Å². The van der Waals surface area contributed by atoms with E-state index >= 15 is 0 Å². The molecular weight excluding hydrogens is 637 g/mol. The number of nitrogens with zero attached hydrogens (tertiary/aromatic N) is 2. The van der Waals surface area contributed by atoms with E-state index in [9.17, 15) is 13.0 Å². The Balaban J connectivity index is 1.57. The highest BCUT2D eigenvalue weighted by Gasteiger charge is 2.44. The molecule has 8 nitrogen and oxygen atoms in total. The molecule has 0 amide bonds. The van der Waals surface area contributed by atoms with Gasteiger partial charge in [-0.2, -0.15) is 4.58 Å². The van der Waals surface area contributed by atoms with Crippen molar-refractivity contribution in [1.82, 2.24) is 0 Å². The summed E-state index contributed by atoms with van der Waals surface area (Å²) < 4.78 is 55.6. The third-order valence-electron chi connectivity index (χ3n) is 10.0. The van der Waals surface area contributed by atoms with Crippen LogP contribution in [-0.2, 0) is 35.2 Å². The molecule has 264 valence electrons. The van der Waals surface area contributed by atoms with E-state index in [4.69, 9.17) is 14.2 Å². The Morgan fingerprint density at radius 1 is 0.918 bits per heavy atom. The zero-order valence-electron chi connectivity index (χ0n) is 30.4. The van der Waals surface area contributed by atoms with Gasteiger partial charge in [-0.25, -0.2) is 8.42 Å². The average Bonchev–Trinajstić information content (AvgIpc) is 3.40. The Kier molecular flexibility index (Phi) is 11.1. The summed E-state index contributed by atoms with van der Waals surface area (Å²) in [5.41, 5.74) is 9.36. The van der Waals surface area contributed by atoms with Gasteiger partial charge in [-0.3, -0.25) is 0 Å². The van der Waals surface area contributed by atoms with E-state index in [0.29, 0.717) is 26.4 Å². The molecule has 49 heavy (non-hydrogen) atoms. The first-order valence-electron chi connectivity index (χ1n) is 17.3. The Hall–Kier alpha value is -3.50. The van der Waals surface area contributed by atoms with Gasteiger partial charge in [0.25, 0.3) is 0 Å². The van der Waals surface area contributed by atoms with Gasteiger partial charge in [-0.15, -0.1) is 0 Å². The molecule has 5 rings (SSSR count). The van der Waals surface area contributed by atoms with Gasteiger partial charge in [-0.1, -0.05) is 38.5 Å². The highest BCUT2D eigenvalue weighted by Crippen LogP contribution is 2.49. The van der Waals surface area contributed by atoms with Crippen LogP contribution in [0.5, 0.6) is 0 Å². The third-order valence-corrected chi connectivity index (χ3v) is 10.9. The van der Waals surface area contributed by atoms with Crippen molar-refractivity contribution in [1.29, 1.82) is 0 Å². The maximum atomic E-state index is 11.9. The Morgan fingerprint density at radius 3 is 2.37 bits per heavy atom. The maximum Gasteiger partial charge on any atom is 0.209 e. The molecule has 3 aliphatic rings. The number of rotatable bonds is 13. The van der Waals surface area contributed by atoms with Crippen molar-refractivity contribution in [2.24, 2.45) is 0 Å². The van der Waals surface area contributed by atoms with Gasteiger partial charge in [0.2, 0.25) is 5.69 Å². The smallest absolute Gasteiger partial charge is 0.209 e. The van der Waals surface area contributed by atoms with Crippen molar-refractivity contribution in [2.45, 2.75) is 83.0 Å². The number of methoxy groups -OCH3 is 2. The minimum Gasteiger partial charge on any atom is -0.744 e. The van der Waals surface area contributed by atoms with E-state index in [-0.39, 0.29) is 10.3 Å². The standard InChI is InChI=1S/C40H52N2O6S/c1-9-23-48-38-29(14-19-36-39(3,4)32-26-28(2)13-17-34(32)41(36)21-24-46-7)11-10-12-30(38)15-20-37-40(5,6)33-27-31(49(43,44)45)16-18-35(33)42(37)22-25-47-8/h13-20,26-27H,9-12,21-25H2,1-8H3. The lowest BCUT2D eigenvalue weighted by Gasteiger charge is -2.27. The van der Waals surface area contributed by atoms with Crippen molar-refractivity contribution in [2.75, 3.05) is 52.0 Å². The first kappa shape index (κ1) is 36.8. The van der Waals surface area contributed by atoms with E-state index in [1.807, 2.05) is 0 Å². The molecule has 2 heterocycles. The number of anilines is 1. The third kappa shape index (κ3) is 7.36. The van der Waals surface area contributed by atoms with Crippen LogP contribution in [0.15, 0.2) is 88.2 Å². The summed E-state index contributed by atoms with van der Waals surface area (Å²) in [7, 11) is -1.17. The summed E-state index contributed by atoms with van der Waals surface area (Å²) in [6.45, 7) is 16.1. The SMILES string of the molecule is CCCOC1=C(/C=C/C2=[N+](CCOC)c3ccc(C)cc3C2(C)C)CCC/C1=C\C=C1\N(CCOC)c2ccc(S(=O)(=O)[O-])cc2C1(C)C. The maximum absolute atomic E-state index is 11.9. The quantitative estimate of drug-likeness (QED) is 0.158. The summed E-state index contributed by atoms with van der Waals surface area (Å²) in [6, 6.07) is 11.4. The van der Waals surface area contributed by atoms with Crippen LogP contribution < -0.4 is 4.90 Å². The fourth-order valence-corrected chi connectivity index (χ4v) is 7.91. The molecule has 0 atom stereocenters. The number of allylic oxidation sites excluding steroid dienone is 7. The normalized spacial score (nSPS) is 20.2. The van der Waals surface area contributed by atoms with Gasteiger partial charge < -0.3 is 23.7 Å². The Labute approximate surface area is 293 Å². The number of hydrogen-bond acceptors (Lipinski definition) is 7. The Morgan fingerprint density at radius 2 is 1.67 bits per heavy atom. The minimum absolute atomic E-state index is 0.172. The zero-order valence-corrected chi connectivity index (χ0v) is 31.2. The number of hydrogen-bond donors (Lipinski definition) is 0. The lowest BCUT2D eigenvalue weighted by molar-refractivity contribution is -0.441. The molecule has 0 saturated heterocycles. The first-order chi connectivity index (χ1) is 23.2. The predicted octanol–water partition coefficient (Wildman–Crippen LogP) is 7.60. The molecule has 1 aliphatic carbocycles.